The molecule has 0 fully saturated rings. The minimum Gasteiger partial charge on any atom is -0.325 e. The predicted molar refractivity (Wildman–Crippen MR) is 77.1 cm³/mol. The lowest BCUT2D eigenvalue weighted by atomic mass is 10.1. The summed E-state index contributed by atoms with van der Waals surface area (Å²) in [6, 6.07) is 6.06. The second kappa shape index (κ2) is 7.04. The second-order valence-electron chi connectivity index (χ2n) is 4.68. The highest BCUT2D eigenvalue weighted by Crippen LogP contribution is 2.19. The fourth-order valence-electron chi connectivity index (χ4n) is 2.05. The van der Waals surface area contributed by atoms with Gasteiger partial charge in [0.25, 0.3) is 0 Å². The number of nitrogens with one attached hydrogen (secondary N) is 1. The molecule has 0 spiro atoms. The van der Waals surface area contributed by atoms with Gasteiger partial charge in [0.2, 0.25) is 0 Å². The van der Waals surface area contributed by atoms with E-state index in [1.165, 1.54) is 0 Å². The van der Waals surface area contributed by atoms with Crippen LogP contribution in [-0.2, 0) is 0 Å². The van der Waals surface area contributed by atoms with Crippen molar-refractivity contribution < 1.29 is 4.79 Å². The number of urea groups is 1. The fourth-order valence-corrected chi connectivity index (χ4v) is 2.05. The van der Waals surface area contributed by atoms with Crippen LogP contribution in [0.25, 0.3) is 0 Å². The number of nitrogens with zero attached hydrogens (tertiary/aromatic N) is 1. The highest BCUT2D eigenvalue weighted by atomic mass is 16.2. The van der Waals surface area contributed by atoms with E-state index in [1.54, 1.807) is 0 Å². The molecule has 0 aliphatic rings. The van der Waals surface area contributed by atoms with E-state index < -0.39 is 0 Å². The van der Waals surface area contributed by atoms with E-state index in [2.05, 4.69) is 19.2 Å². The molecule has 1 rings (SSSR count). The van der Waals surface area contributed by atoms with Gasteiger partial charge in [-0.3, -0.25) is 0 Å². The Labute approximate surface area is 110 Å². The first-order valence-corrected chi connectivity index (χ1v) is 6.72. The van der Waals surface area contributed by atoms with Crippen LogP contribution in [0.3, 0.4) is 0 Å². The van der Waals surface area contributed by atoms with Crippen molar-refractivity contribution in [2.75, 3.05) is 18.4 Å². The van der Waals surface area contributed by atoms with E-state index in [4.69, 9.17) is 0 Å². The molecule has 0 radical (unpaired) electrons. The van der Waals surface area contributed by atoms with E-state index in [9.17, 15) is 4.79 Å². The first-order valence-electron chi connectivity index (χ1n) is 6.72. The Morgan fingerprint density at radius 3 is 2.06 bits per heavy atom. The molecule has 0 aliphatic heterocycles. The molecule has 0 aliphatic carbocycles. The Morgan fingerprint density at radius 2 is 1.61 bits per heavy atom. The van der Waals surface area contributed by atoms with Crippen molar-refractivity contribution in [3.8, 4) is 0 Å². The smallest absolute Gasteiger partial charge is 0.321 e. The molecule has 0 atom stereocenters. The van der Waals surface area contributed by atoms with Gasteiger partial charge in [-0.05, 0) is 37.8 Å². The molecule has 0 aromatic heterocycles. The van der Waals surface area contributed by atoms with Gasteiger partial charge in [0.05, 0.1) is 0 Å². The summed E-state index contributed by atoms with van der Waals surface area (Å²) in [5.41, 5.74) is 3.16. The predicted octanol–water partition coefficient (Wildman–Crippen LogP) is 3.96. The number of carbonyl (C=O) groups excluding carboxylic acids is 1. The Hall–Kier alpha value is -1.51. The molecule has 3 nitrogen and oxygen atoms in total. The summed E-state index contributed by atoms with van der Waals surface area (Å²) in [4.78, 5) is 14.1. The number of amides is 2. The minimum absolute atomic E-state index is 0.0103. The third-order valence-corrected chi connectivity index (χ3v) is 2.99. The summed E-state index contributed by atoms with van der Waals surface area (Å²) in [7, 11) is 0. The fraction of sp³-hybridized carbons (Fsp3) is 0.533. The third-order valence-electron chi connectivity index (χ3n) is 2.99. The first-order chi connectivity index (χ1) is 8.60. The highest BCUT2D eigenvalue weighted by molar-refractivity contribution is 5.91. The van der Waals surface area contributed by atoms with Gasteiger partial charge in [0.15, 0.2) is 0 Å². The van der Waals surface area contributed by atoms with E-state index in [0.717, 1.165) is 42.7 Å². The average Bonchev–Trinajstić information content (AvgIpc) is 2.33. The van der Waals surface area contributed by atoms with Crippen LogP contribution in [0.4, 0.5) is 10.5 Å². The van der Waals surface area contributed by atoms with E-state index in [1.807, 2.05) is 36.9 Å². The van der Waals surface area contributed by atoms with Crippen molar-refractivity contribution in [2.45, 2.75) is 40.5 Å². The third kappa shape index (κ3) is 3.76. The van der Waals surface area contributed by atoms with Gasteiger partial charge in [-0.2, -0.15) is 0 Å². The number of anilines is 1. The quantitative estimate of drug-likeness (QED) is 0.840. The molecule has 1 aromatic rings. The molecular formula is C15H24N2O. The van der Waals surface area contributed by atoms with Crippen LogP contribution < -0.4 is 5.32 Å². The standard InChI is InChI=1S/C15H24N2O/c1-5-10-17(11-6-2)15(18)16-14-12(3)8-7-9-13(14)4/h7-9H,5-6,10-11H2,1-4H3,(H,16,18). The molecule has 0 saturated carbocycles. The van der Waals surface area contributed by atoms with Crippen molar-refractivity contribution in [3.05, 3.63) is 29.3 Å². The highest BCUT2D eigenvalue weighted by Gasteiger charge is 2.13. The lowest BCUT2D eigenvalue weighted by Gasteiger charge is -2.23. The van der Waals surface area contributed by atoms with Crippen molar-refractivity contribution in [1.82, 2.24) is 4.90 Å². The Bertz CT molecular complexity index is 375. The molecule has 1 N–H and O–H groups in total. The Kier molecular flexibility index (Phi) is 5.69. The summed E-state index contributed by atoms with van der Waals surface area (Å²) in [5.74, 6) is 0. The SMILES string of the molecule is CCCN(CCC)C(=O)Nc1c(C)cccc1C. The van der Waals surface area contributed by atoms with Crippen molar-refractivity contribution in [3.63, 3.8) is 0 Å². The van der Waals surface area contributed by atoms with Crippen LogP contribution in [-0.4, -0.2) is 24.0 Å². The van der Waals surface area contributed by atoms with Gasteiger partial charge < -0.3 is 10.2 Å². The molecule has 0 bridgehead atoms. The number of rotatable bonds is 5. The van der Waals surface area contributed by atoms with E-state index >= 15 is 0 Å². The molecule has 18 heavy (non-hydrogen) atoms. The van der Waals surface area contributed by atoms with Crippen molar-refractivity contribution >= 4 is 11.7 Å². The minimum atomic E-state index is 0.0103. The summed E-state index contributed by atoms with van der Waals surface area (Å²) in [5, 5.41) is 3.04. The number of para-hydroxylation sites is 1. The number of aryl methyl sites for hydroxylation is 2. The largest absolute Gasteiger partial charge is 0.325 e. The maximum atomic E-state index is 12.2. The summed E-state index contributed by atoms with van der Waals surface area (Å²) < 4.78 is 0. The van der Waals surface area contributed by atoms with E-state index in [0.29, 0.717) is 0 Å². The maximum Gasteiger partial charge on any atom is 0.321 e. The summed E-state index contributed by atoms with van der Waals surface area (Å²) >= 11 is 0. The zero-order chi connectivity index (χ0) is 13.5. The van der Waals surface area contributed by atoms with Gasteiger partial charge in [0, 0.05) is 18.8 Å². The molecule has 2 amide bonds. The van der Waals surface area contributed by atoms with Crippen LogP contribution in [0.1, 0.15) is 37.8 Å². The number of carbonyl (C=O) groups is 1. The Balaban J connectivity index is 2.79. The van der Waals surface area contributed by atoms with Gasteiger partial charge >= 0.3 is 6.03 Å². The molecular weight excluding hydrogens is 224 g/mol. The van der Waals surface area contributed by atoms with Crippen molar-refractivity contribution in [2.24, 2.45) is 0 Å². The average molecular weight is 248 g/mol. The zero-order valence-corrected chi connectivity index (χ0v) is 11.9. The zero-order valence-electron chi connectivity index (χ0n) is 11.9. The lowest BCUT2D eigenvalue weighted by molar-refractivity contribution is 0.211. The molecule has 0 unspecified atom stereocenters. The maximum absolute atomic E-state index is 12.2. The van der Waals surface area contributed by atoms with Crippen LogP contribution in [0.2, 0.25) is 0 Å². The topological polar surface area (TPSA) is 32.3 Å². The molecule has 0 saturated heterocycles. The van der Waals surface area contributed by atoms with Crippen LogP contribution in [0, 0.1) is 13.8 Å². The Morgan fingerprint density at radius 1 is 1.11 bits per heavy atom. The van der Waals surface area contributed by atoms with Crippen LogP contribution in [0.15, 0.2) is 18.2 Å². The number of benzene rings is 1. The van der Waals surface area contributed by atoms with Crippen LogP contribution in [0.5, 0.6) is 0 Å². The van der Waals surface area contributed by atoms with Crippen LogP contribution >= 0.6 is 0 Å². The normalized spacial score (nSPS) is 10.2. The number of hydrogen-bond donors (Lipinski definition) is 1. The first kappa shape index (κ1) is 14.6. The molecule has 0 heterocycles. The summed E-state index contributed by atoms with van der Waals surface area (Å²) in [6.07, 6.45) is 1.97. The monoisotopic (exact) mass is 248 g/mol. The van der Waals surface area contributed by atoms with Gasteiger partial charge in [-0.25, -0.2) is 4.79 Å². The van der Waals surface area contributed by atoms with Gasteiger partial charge in [-0.1, -0.05) is 32.0 Å². The van der Waals surface area contributed by atoms with Gasteiger partial charge in [0.1, 0.15) is 0 Å². The lowest BCUT2D eigenvalue weighted by Crippen LogP contribution is -2.36. The van der Waals surface area contributed by atoms with Gasteiger partial charge in [-0.15, -0.1) is 0 Å². The molecule has 3 heteroatoms. The summed E-state index contributed by atoms with van der Waals surface area (Å²) in [6.45, 7) is 9.85. The number of hydrogen-bond acceptors (Lipinski definition) is 1. The molecule has 1 aromatic carbocycles. The van der Waals surface area contributed by atoms with Crippen molar-refractivity contribution in [1.29, 1.82) is 0 Å². The van der Waals surface area contributed by atoms with E-state index in [-0.39, 0.29) is 6.03 Å². The second-order valence-corrected chi connectivity index (χ2v) is 4.68. The molecule has 100 valence electrons.